The molecule has 0 radical (unpaired) electrons. The fourth-order valence-corrected chi connectivity index (χ4v) is 2.80. The fourth-order valence-electron chi connectivity index (χ4n) is 2.20. The summed E-state index contributed by atoms with van der Waals surface area (Å²) < 4.78 is 0. The molecule has 1 aromatic rings. The summed E-state index contributed by atoms with van der Waals surface area (Å²) in [6.07, 6.45) is 3.75. The van der Waals surface area contributed by atoms with Crippen LogP contribution >= 0.6 is 11.3 Å². The van der Waals surface area contributed by atoms with Gasteiger partial charge in [-0.15, -0.1) is 11.3 Å². The summed E-state index contributed by atoms with van der Waals surface area (Å²) in [5, 5.41) is 10.9. The third-order valence-corrected chi connectivity index (χ3v) is 3.60. The Hall–Kier alpha value is -0.940. The molecule has 1 saturated heterocycles. The molecule has 1 aromatic heterocycles. The second-order valence-electron chi connectivity index (χ2n) is 4.12. The van der Waals surface area contributed by atoms with Crippen LogP contribution in [0.5, 0.6) is 0 Å². The predicted molar refractivity (Wildman–Crippen MR) is 62.5 cm³/mol. The largest absolute Gasteiger partial charge is 0.481 e. The molecular formula is C11H16N2O2S. The Kier molecular flexibility index (Phi) is 3.90. The standard InChI is InChI=1S/C11H16N2O2S/c14-11(15)6-10(9-7-16-8-12-9)13-4-2-1-3-5-13/h7-8,10H,1-6H2,(H,14,15). The third-order valence-electron chi connectivity index (χ3n) is 2.99. The van der Waals surface area contributed by atoms with E-state index in [-0.39, 0.29) is 12.5 Å². The number of piperidine rings is 1. The number of hydrogen-bond acceptors (Lipinski definition) is 4. The average molecular weight is 240 g/mol. The summed E-state index contributed by atoms with van der Waals surface area (Å²) in [5.74, 6) is -0.747. The van der Waals surface area contributed by atoms with Crippen LogP contribution in [0.3, 0.4) is 0 Å². The Morgan fingerprint density at radius 3 is 2.81 bits per heavy atom. The molecule has 16 heavy (non-hydrogen) atoms. The van der Waals surface area contributed by atoms with Crippen molar-refractivity contribution >= 4 is 17.3 Å². The Morgan fingerprint density at radius 1 is 1.50 bits per heavy atom. The van der Waals surface area contributed by atoms with Gasteiger partial charge < -0.3 is 5.11 Å². The zero-order valence-electron chi connectivity index (χ0n) is 9.13. The van der Waals surface area contributed by atoms with E-state index >= 15 is 0 Å². The minimum atomic E-state index is -0.747. The molecule has 4 nitrogen and oxygen atoms in total. The van der Waals surface area contributed by atoms with E-state index in [4.69, 9.17) is 5.11 Å². The van der Waals surface area contributed by atoms with Gasteiger partial charge in [0.05, 0.1) is 23.7 Å². The molecule has 0 aliphatic carbocycles. The molecule has 1 aliphatic rings. The molecule has 0 amide bonds. The third kappa shape index (κ3) is 2.80. The second-order valence-corrected chi connectivity index (χ2v) is 4.84. The Labute approximate surface area is 98.9 Å². The van der Waals surface area contributed by atoms with E-state index in [9.17, 15) is 4.79 Å². The highest BCUT2D eigenvalue weighted by molar-refractivity contribution is 7.07. The van der Waals surface area contributed by atoms with Crippen LogP contribution in [0.2, 0.25) is 0 Å². The lowest BCUT2D eigenvalue weighted by Crippen LogP contribution is -2.35. The van der Waals surface area contributed by atoms with Crippen LogP contribution in [0.25, 0.3) is 0 Å². The van der Waals surface area contributed by atoms with Crippen molar-refractivity contribution in [3.05, 3.63) is 16.6 Å². The molecule has 2 heterocycles. The minimum Gasteiger partial charge on any atom is -0.481 e. The van der Waals surface area contributed by atoms with Gasteiger partial charge in [-0.2, -0.15) is 0 Å². The van der Waals surface area contributed by atoms with Crippen molar-refractivity contribution in [2.75, 3.05) is 13.1 Å². The molecule has 0 aromatic carbocycles. The van der Waals surface area contributed by atoms with Gasteiger partial charge in [-0.1, -0.05) is 6.42 Å². The van der Waals surface area contributed by atoms with Crippen LogP contribution in [0, 0.1) is 0 Å². The van der Waals surface area contributed by atoms with Gasteiger partial charge in [-0.25, -0.2) is 4.98 Å². The van der Waals surface area contributed by atoms with Crippen LogP contribution in [0.1, 0.15) is 37.4 Å². The molecule has 5 heteroatoms. The molecule has 1 unspecified atom stereocenters. The van der Waals surface area contributed by atoms with Crippen LogP contribution < -0.4 is 0 Å². The van der Waals surface area contributed by atoms with Gasteiger partial charge in [-0.05, 0) is 25.9 Å². The minimum absolute atomic E-state index is 0.0379. The number of carbonyl (C=O) groups is 1. The smallest absolute Gasteiger partial charge is 0.305 e. The number of carboxylic acid groups (broad SMARTS) is 1. The van der Waals surface area contributed by atoms with Gasteiger partial charge in [0.1, 0.15) is 0 Å². The number of likely N-dealkylation sites (tertiary alicyclic amines) is 1. The van der Waals surface area contributed by atoms with Crippen molar-refractivity contribution in [2.24, 2.45) is 0 Å². The van der Waals surface area contributed by atoms with E-state index in [1.807, 2.05) is 5.38 Å². The van der Waals surface area contributed by atoms with Crippen molar-refractivity contribution < 1.29 is 9.90 Å². The highest BCUT2D eigenvalue weighted by Crippen LogP contribution is 2.27. The van der Waals surface area contributed by atoms with Crippen LogP contribution in [0.4, 0.5) is 0 Å². The summed E-state index contributed by atoms with van der Waals surface area (Å²) in [6, 6.07) is -0.0379. The van der Waals surface area contributed by atoms with Gasteiger partial charge in [0.25, 0.3) is 0 Å². The predicted octanol–water partition coefficient (Wildman–Crippen LogP) is 2.14. The topological polar surface area (TPSA) is 53.4 Å². The molecular weight excluding hydrogens is 224 g/mol. The zero-order valence-corrected chi connectivity index (χ0v) is 9.95. The molecule has 1 atom stereocenters. The monoisotopic (exact) mass is 240 g/mol. The lowest BCUT2D eigenvalue weighted by atomic mass is 10.0. The average Bonchev–Trinajstić information content (AvgIpc) is 2.80. The first-order chi connectivity index (χ1) is 7.77. The molecule has 0 spiro atoms. The molecule has 1 fully saturated rings. The van der Waals surface area contributed by atoms with Gasteiger partial charge in [0, 0.05) is 5.38 Å². The molecule has 1 aliphatic heterocycles. The van der Waals surface area contributed by atoms with Gasteiger partial charge in [0.2, 0.25) is 0 Å². The highest BCUT2D eigenvalue weighted by Gasteiger charge is 2.25. The zero-order chi connectivity index (χ0) is 11.4. The maximum Gasteiger partial charge on any atom is 0.305 e. The Morgan fingerprint density at radius 2 is 2.25 bits per heavy atom. The molecule has 2 rings (SSSR count). The van der Waals surface area contributed by atoms with Gasteiger partial charge >= 0.3 is 5.97 Å². The number of aromatic nitrogens is 1. The summed E-state index contributed by atoms with van der Waals surface area (Å²) in [5.41, 5.74) is 2.68. The lowest BCUT2D eigenvalue weighted by Gasteiger charge is -2.32. The number of carboxylic acids is 1. The van der Waals surface area contributed by atoms with E-state index in [2.05, 4.69) is 9.88 Å². The first kappa shape index (κ1) is 11.5. The number of hydrogen-bond donors (Lipinski definition) is 1. The quantitative estimate of drug-likeness (QED) is 0.876. The number of aliphatic carboxylic acids is 1. The van der Waals surface area contributed by atoms with Crippen molar-refractivity contribution in [1.82, 2.24) is 9.88 Å². The SMILES string of the molecule is O=C(O)CC(c1cscn1)N1CCCCC1. The summed E-state index contributed by atoms with van der Waals surface area (Å²) in [7, 11) is 0. The van der Waals surface area contributed by atoms with E-state index in [1.165, 1.54) is 30.6 Å². The van der Waals surface area contributed by atoms with Gasteiger partial charge in [0.15, 0.2) is 0 Å². The maximum absolute atomic E-state index is 10.9. The second kappa shape index (κ2) is 5.41. The summed E-state index contributed by atoms with van der Waals surface area (Å²) in [4.78, 5) is 17.4. The first-order valence-corrected chi connectivity index (χ1v) is 6.55. The van der Waals surface area contributed by atoms with E-state index in [1.54, 1.807) is 5.51 Å². The van der Waals surface area contributed by atoms with Crippen LogP contribution in [-0.4, -0.2) is 34.0 Å². The molecule has 88 valence electrons. The number of rotatable bonds is 4. The highest BCUT2D eigenvalue weighted by atomic mass is 32.1. The maximum atomic E-state index is 10.9. The van der Waals surface area contributed by atoms with Crippen molar-refractivity contribution in [3.8, 4) is 0 Å². The van der Waals surface area contributed by atoms with Crippen molar-refractivity contribution in [3.63, 3.8) is 0 Å². The van der Waals surface area contributed by atoms with Gasteiger partial charge in [-0.3, -0.25) is 9.69 Å². The fraction of sp³-hybridized carbons (Fsp3) is 0.636. The first-order valence-electron chi connectivity index (χ1n) is 5.61. The van der Waals surface area contributed by atoms with E-state index in [0.29, 0.717) is 0 Å². The van der Waals surface area contributed by atoms with Crippen LogP contribution in [0.15, 0.2) is 10.9 Å². The Balaban J connectivity index is 2.10. The summed E-state index contributed by atoms with van der Waals surface area (Å²) >= 11 is 1.53. The number of thiazole rings is 1. The van der Waals surface area contributed by atoms with Crippen molar-refractivity contribution in [2.45, 2.75) is 31.7 Å². The van der Waals surface area contributed by atoms with Crippen molar-refractivity contribution in [1.29, 1.82) is 0 Å². The van der Waals surface area contributed by atoms with E-state index < -0.39 is 5.97 Å². The number of nitrogens with zero attached hydrogens (tertiary/aromatic N) is 2. The lowest BCUT2D eigenvalue weighted by molar-refractivity contribution is -0.138. The summed E-state index contributed by atoms with van der Waals surface area (Å²) in [6.45, 7) is 1.99. The normalized spacial score (nSPS) is 19.5. The molecule has 0 bridgehead atoms. The van der Waals surface area contributed by atoms with Crippen LogP contribution in [-0.2, 0) is 4.79 Å². The van der Waals surface area contributed by atoms with E-state index in [0.717, 1.165) is 18.8 Å². The molecule has 1 N–H and O–H groups in total. The molecule has 0 saturated carbocycles. The Bertz CT molecular complexity index is 334.